The van der Waals surface area contributed by atoms with Crippen molar-refractivity contribution in [3.63, 3.8) is 0 Å². The first-order valence-corrected chi connectivity index (χ1v) is 7.72. The second-order valence-electron chi connectivity index (χ2n) is 6.14. The van der Waals surface area contributed by atoms with Crippen molar-refractivity contribution in [1.29, 1.82) is 0 Å². The van der Waals surface area contributed by atoms with Crippen LogP contribution in [-0.2, 0) is 0 Å². The average molecular weight is 275 g/mol. The van der Waals surface area contributed by atoms with Gasteiger partial charge >= 0.3 is 0 Å². The van der Waals surface area contributed by atoms with Crippen LogP contribution in [0.25, 0.3) is 0 Å². The highest BCUT2D eigenvalue weighted by molar-refractivity contribution is 5.44. The topological polar surface area (TPSA) is 30.5 Å². The molecule has 0 aliphatic heterocycles. The Balaban J connectivity index is 1.82. The summed E-state index contributed by atoms with van der Waals surface area (Å²) >= 11 is 0. The van der Waals surface area contributed by atoms with Crippen molar-refractivity contribution < 1.29 is 9.47 Å². The van der Waals surface area contributed by atoms with Gasteiger partial charge in [-0.15, -0.1) is 0 Å². The number of ether oxygens (including phenoxy) is 2. The molecule has 0 amide bonds. The Hall–Kier alpha value is -1.22. The van der Waals surface area contributed by atoms with Crippen LogP contribution < -0.4 is 14.8 Å². The molecule has 3 atom stereocenters. The number of hydrogen-bond acceptors (Lipinski definition) is 3. The molecule has 2 aliphatic rings. The van der Waals surface area contributed by atoms with Crippen molar-refractivity contribution in [2.45, 2.75) is 32.2 Å². The van der Waals surface area contributed by atoms with E-state index in [9.17, 15) is 0 Å². The van der Waals surface area contributed by atoms with E-state index in [1.54, 1.807) is 14.2 Å². The van der Waals surface area contributed by atoms with Crippen LogP contribution in [0, 0.1) is 17.8 Å². The fraction of sp³-hybridized carbons (Fsp3) is 0.647. The fourth-order valence-electron chi connectivity index (χ4n) is 3.86. The van der Waals surface area contributed by atoms with Crippen LogP contribution in [0.2, 0.25) is 0 Å². The van der Waals surface area contributed by atoms with Gasteiger partial charge in [0.15, 0.2) is 11.5 Å². The molecule has 1 aromatic carbocycles. The lowest BCUT2D eigenvalue weighted by Crippen LogP contribution is -2.27. The van der Waals surface area contributed by atoms with E-state index in [0.29, 0.717) is 6.04 Å². The predicted molar refractivity (Wildman–Crippen MR) is 80.3 cm³/mol. The van der Waals surface area contributed by atoms with E-state index in [1.165, 1.54) is 24.8 Å². The number of benzene rings is 1. The van der Waals surface area contributed by atoms with E-state index in [-0.39, 0.29) is 0 Å². The lowest BCUT2D eigenvalue weighted by atomic mass is 9.89. The zero-order valence-electron chi connectivity index (χ0n) is 12.7. The molecule has 2 fully saturated rings. The van der Waals surface area contributed by atoms with Crippen molar-refractivity contribution in [1.82, 2.24) is 5.32 Å². The van der Waals surface area contributed by atoms with Gasteiger partial charge < -0.3 is 14.8 Å². The van der Waals surface area contributed by atoms with Gasteiger partial charge in [-0.3, -0.25) is 0 Å². The summed E-state index contributed by atoms with van der Waals surface area (Å²) in [5.74, 6) is 4.44. The van der Waals surface area contributed by atoms with Gasteiger partial charge in [-0.2, -0.15) is 0 Å². The third kappa shape index (κ3) is 2.51. The van der Waals surface area contributed by atoms with E-state index in [2.05, 4.69) is 24.4 Å². The lowest BCUT2D eigenvalue weighted by Gasteiger charge is -2.26. The summed E-state index contributed by atoms with van der Waals surface area (Å²) in [5.41, 5.74) is 1.33. The van der Waals surface area contributed by atoms with Crippen molar-refractivity contribution in [2.24, 2.45) is 17.8 Å². The van der Waals surface area contributed by atoms with Gasteiger partial charge in [-0.1, -0.05) is 13.0 Å². The van der Waals surface area contributed by atoms with Crippen molar-refractivity contribution >= 4 is 0 Å². The summed E-state index contributed by atoms with van der Waals surface area (Å²) in [6.07, 6.45) is 4.24. The molecule has 1 N–H and O–H groups in total. The van der Waals surface area contributed by atoms with Gasteiger partial charge in [0.25, 0.3) is 0 Å². The maximum absolute atomic E-state index is 5.44. The molecule has 3 heteroatoms. The van der Waals surface area contributed by atoms with Crippen LogP contribution in [0.4, 0.5) is 0 Å². The summed E-state index contributed by atoms with van der Waals surface area (Å²) in [5, 5.41) is 3.67. The molecule has 0 radical (unpaired) electrons. The van der Waals surface area contributed by atoms with Crippen LogP contribution in [0.5, 0.6) is 11.5 Å². The van der Waals surface area contributed by atoms with Crippen molar-refractivity contribution in [3.8, 4) is 11.5 Å². The number of methoxy groups -OCH3 is 2. The van der Waals surface area contributed by atoms with Crippen LogP contribution >= 0.6 is 0 Å². The molecule has 3 unspecified atom stereocenters. The normalized spacial score (nSPS) is 28.9. The maximum atomic E-state index is 5.44. The molecule has 0 aromatic heterocycles. The molecule has 0 bridgehead atoms. The molecule has 0 saturated heterocycles. The van der Waals surface area contributed by atoms with Crippen molar-refractivity contribution in [3.05, 3.63) is 23.8 Å². The number of rotatable bonds is 6. The third-order valence-electron chi connectivity index (χ3n) is 4.94. The summed E-state index contributed by atoms with van der Waals surface area (Å²) in [4.78, 5) is 0. The van der Waals surface area contributed by atoms with Gasteiger partial charge in [0.2, 0.25) is 0 Å². The first kappa shape index (κ1) is 13.7. The number of fused-ring (bicyclic) bond motifs is 1. The van der Waals surface area contributed by atoms with Crippen LogP contribution in [0.1, 0.15) is 37.8 Å². The van der Waals surface area contributed by atoms with Crippen LogP contribution in [0.15, 0.2) is 18.2 Å². The summed E-state index contributed by atoms with van der Waals surface area (Å²) in [7, 11) is 3.39. The largest absolute Gasteiger partial charge is 0.493 e. The Morgan fingerprint density at radius 1 is 1.10 bits per heavy atom. The van der Waals surface area contributed by atoms with Gasteiger partial charge in [-0.25, -0.2) is 0 Å². The smallest absolute Gasteiger partial charge is 0.161 e. The zero-order chi connectivity index (χ0) is 14.1. The highest BCUT2D eigenvalue weighted by atomic mass is 16.5. The molecule has 0 heterocycles. The van der Waals surface area contributed by atoms with E-state index < -0.39 is 0 Å². The Bertz CT molecular complexity index is 464. The summed E-state index contributed by atoms with van der Waals surface area (Å²) < 4.78 is 10.8. The van der Waals surface area contributed by atoms with Crippen LogP contribution in [0.3, 0.4) is 0 Å². The van der Waals surface area contributed by atoms with E-state index in [1.807, 2.05) is 6.07 Å². The van der Waals surface area contributed by atoms with Crippen molar-refractivity contribution in [2.75, 3.05) is 20.8 Å². The molecule has 3 nitrogen and oxygen atoms in total. The van der Waals surface area contributed by atoms with Gasteiger partial charge in [0, 0.05) is 6.04 Å². The van der Waals surface area contributed by atoms with Gasteiger partial charge in [-0.05, 0) is 61.3 Å². The second kappa shape index (κ2) is 5.65. The number of hydrogen-bond donors (Lipinski definition) is 1. The second-order valence-corrected chi connectivity index (χ2v) is 6.14. The minimum atomic E-state index is 0.451. The monoisotopic (exact) mass is 275 g/mol. The third-order valence-corrected chi connectivity index (χ3v) is 4.94. The van der Waals surface area contributed by atoms with E-state index in [4.69, 9.17) is 9.47 Å². The van der Waals surface area contributed by atoms with E-state index in [0.717, 1.165) is 35.8 Å². The Morgan fingerprint density at radius 2 is 1.80 bits per heavy atom. The predicted octanol–water partition coefficient (Wildman–Crippen LogP) is 3.40. The Morgan fingerprint density at radius 3 is 2.40 bits per heavy atom. The maximum Gasteiger partial charge on any atom is 0.161 e. The van der Waals surface area contributed by atoms with Gasteiger partial charge in [0.05, 0.1) is 14.2 Å². The molecular formula is C17H25NO2. The molecule has 0 spiro atoms. The molecule has 110 valence electrons. The molecule has 3 rings (SSSR count). The average Bonchev–Trinajstić information content (AvgIpc) is 3.10. The highest BCUT2D eigenvalue weighted by Gasteiger charge is 2.47. The minimum absolute atomic E-state index is 0.451. The zero-order valence-corrected chi connectivity index (χ0v) is 12.7. The molecule has 1 aromatic rings. The summed E-state index contributed by atoms with van der Waals surface area (Å²) in [6.45, 7) is 3.19. The first-order chi connectivity index (χ1) is 9.76. The molecule has 2 saturated carbocycles. The van der Waals surface area contributed by atoms with Crippen LogP contribution in [-0.4, -0.2) is 20.8 Å². The quantitative estimate of drug-likeness (QED) is 0.863. The van der Waals surface area contributed by atoms with E-state index >= 15 is 0 Å². The highest BCUT2D eigenvalue weighted by Crippen LogP contribution is 2.57. The Labute approximate surface area is 121 Å². The Kier molecular flexibility index (Phi) is 3.88. The minimum Gasteiger partial charge on any atom is -0.493 e. The molecular weight excluding hydrogens is 250 g/mol. The lowest BCUT2D eigenvalue weighted by molar-refractivity contribution is 0.337. The first-order valence-electron chi connectivity index (χ1n) is 7.72. The number of nitrogens with one attached hydrogen (secondary N) is 1. The standard InChI is InChI=1S/C17H25NO2/c1-4-18-17(14-8-12-7-13(12)9-14)11-5-6-15(19-2)16(10-11)20-3/h5-6,10,12-14,17-18H,4,7-9H2,1-3H3. The fourth-order valence-corrected chi connectivity index (χ4v) is 3.86. The SMILES string of the molecule is CCNC(c1ccc(OC)c(OC)c1)C1CC2CC2C1. The van der Waals surface area contributed by atoms with Gasteiger partial charge in [0.1, 0.15) is 0 Å². The summed E-state index contributed by atoms with van der Waals surface area (Å²) in [6, 6.07) is 6.79. The molecule has 20 heavy (non-hydrogen) atoms. The molecule has 2 aliphatic carbocycles.